The summed E-state index contributed by atoms with van der Waals surface area (Å²) >= 11 is 0. The van der Waals surface area contributed by atoms with Gasteiger partial charge in [0.1, 0.15) is 5.78 Å². The van der Waals surface area contributed by atoms with Crippen LogP contribution in [0.25, 0.3) is 0 Å². The normalized spacial score (nSPS) is 12.4. The van der Waals surface area contributed by atoms with E-state index >= 15 is 0 Å². The number of aryl methyl sites for hydroxylation is 1. The molecule has 1 unspecified atom stereocenters. The number of hydrogen-bond acceptors (Lipinski definition) is 2. The molecule has 0 heterocycles. The van der Waals surface area contributed by atoms with Crippen LogP contribution in [0.4, 0.5) is 0 Å². The van der Waals surface area contributed by atoms with Crippen LogP contribution in [0.5, 0.6) is 0 Å². The molecule has 2 heteroatoms. The highest BCUT2D eigenvalue weighted by molar-refractivity contribution is 5.83. The molecule has 0 spiro atoms. The van der Waals surface area contributed by atoms with Crippen LogP contribution in [-0.2, 0) is 11.2 Å². The Morgan fingerprint density at radius 2 is 2.19 bits per heavy atom. The van der Waals surface area contributed by atoms with Gasteiger partial charge in [-0.2, -0.15) is 0 Å². The van der Waals surface area contributed by atoms with Gasteiger partial charge in [0.15, 0.2) is 0 Å². The van der Waals surface area contributed by atoms with Crippen LogP contribution in [0.3, 0.4) is 0 Å². The molecule has 0 radical (unpaired) electrons. The minimum atomic E-state index is 0.0977. The largest absolute Gasteiger partial charge is 0.316 e. The van der Waals surface area contributed by atoms with Crippen molar-refractivity contribution in [2.45, 2.75) is 27.2 Å². The monoisotopic (exact) mass is 219 g/mol. The molecule has 2 nitrogen and oxygen atoms in total. The summed E-state index contributed by atoms with van der Waals surface area (Å²) in [6.07, 6.45) is 0.550. The molecule has 0 saturated heterocycles. The zero-order chi connectivity index (χ0) is 12.0. The summed E-state index contributed by atoms with van der Waals surface area (Å²) in [5, 5.41) is 3.21. The van der Waals surface area contributed by atoms with E-state index in [0.29, 0.717) is 12.2 Å². The number of carbonyl (C=O) groups excluding carboxylic acids is 1. The third-order valence-corrected chi connectivity index (χ3v) is 2.71. The molecule has 1 atom stereocenters. The fourth-order valence-electron chi connectivity index (χ4n) is 1.67. The average Bonchev–Trinajstić information content (AvgIpc) is 2.25. The Labute approximate surface area is 98.1 Å². The molecule has 0 aliphatic heterocycles. The van der Waals surface area contributed by atoms with Crippen LogP contribution in [0.15, 0.2) is 24.3 Å². The fraction of sp³-hybridized carbons (Fsp3) is 0.500. The molecule has 0 aliphatic rings. The van der Waals surface area contributed by atoms with E-state index in [1.165, 1.54) is 5.56 Å². The fourth-order valence-corrected chi connectivity index (χ4v) is 1.67. The smallest absolute Gasteiger partial charge is 0.141 e. The van der Waals surface area contributed by atoms with Gasteiger partial charge in [0, 0.05) is 18.9 Å². The van der Waals surface area contributed by atoms with Crippen molar-refractivity contribution < 1.29 is 4.79 Å². The summed E-state index contributed by atoms with van der Waals surface area (Å²) in [7, 11) is 0. The second-order valence-electron chi connectivity index (χ2n) is 4.34. The second-order valence-corrected chi connectivity index (χ2v) is 4.34. The van der Waals surface area contributed by atoms with Gasteiger partial charge in [0.25, 0.3) is 0 Å². The zero-order valence-corrected chi connectivity index (χ0v) is 10.4. The topological polar surface area (TPSA) is 29.1 Å². The van der Waals surface area contributed by atoms with E-state index in [2.05, 4.69) is 31.3 Å². The van der Waals surface area contributed by atoms with Crippen molar-refractivity contribution in [1.82, 2.24) is 5.32 Å². The minimum absolute atomic E-state index is 0.0977. The Morgan fingerprint density at radius 3 is 2.81 bits per heavy atom. The average molecular weight is 219 g/mol. The van der Waals surface area contributed by atoms with Crippen molar-refractivity contribution in [2.24, 2.45) is 5.92 Å². The number of nitrogens with one attached hydrogen (secondary N) is 1. The van der Waals surface area contributed by atoms with Crippen molar-refractivity contribution in [2.75, 3.05) is 13.1 Å². The molecule has 0 bridgehead atoms. The van der Waals surface area contributed by atoms with Crippen molar-refractivity contribution >= 4 is 5.78 Å². The Bertz CT molecular complexity index is 346. The molecule has 0 amide bonds. The van der Waals surface area contributed by atoms with E-state index in [4.69, 9.17) is 0 Å². The van der Waals surface area contributed by atoms with Crippen LogP contribution in [-0.4, -0.2) is 18.9 Å². The summed E-state index contributed by atoms with van der Waals surface area (Å²) in [6, 6.07) is 8.16. The van der Waals surface area contributed by atoms with E-state index in [1.54, 1.807) is 0 Å². The summed E-state index contributed by atoms with van der Waals surface area (Å²) < 4.78 is 0. The summed E-state index contributed by atoms with van der Waals surface area (Å²) in [6.45, 7) is 7.79. The first-order valence-corrected chi connectivity index (χ1v) is 5.92. The van der Waals surface area contributed by atoms with E-state index < -0.39 is 0 Å². The van der Waals surface area contributed by atoms with Gasteiger partial charge in [-0.15, -0.1) is 0 Å². The molecule has 0 saturated carbocycles. The van der Waals surface area contributed by atoms with Gasteiger partial charge in [-0.25, -0.2) is 0 Å². The maximum Gasteiger partial charge on any atom is 0.141 e. The lowest BCUT2D eigenvalue weighted by atomic mass is 9.98. The van der Waals surface area contributed by atoms with Crippen LogP contribution in [0, 0.1) is 12.8 Å². The number of Topliss-reactive ketones (excluding diaryl/α,β-unsaturated/α-hetero) is 1. The highest BCUT2D eigenvalue weighted by Gasteiger charge is 2.12. The lowest BCUT2D eigenvalue weighted by Gasteiger charge is -2.10. The zero-order valence-electron chi connectivity index (χ0n) is 10.4. The molecule has 16 heavy (non-hydrogen) atoms. The molecule has 1 aromatic carbocycles. The van der Waals surface area contributed by atoms with E-state index in [-0.39, 0.29) is 5.92 Å². The van der Waals surface area contributed by atoms with Crippen LogP contribution in [0.1, 0.15) is 25.0 Å². The van der Waals surface area contributed by atoms with Gasteiger partial charge in [0.05, 0.1) is 0 Å². The summed E-state index contributed by atoms with van der Waals surface area (Å²) in [5.74, 6) is 0.409. The molecule has 0 aliphatic carbocycles. The van der Waals surface area contributed by atoms with Crippen molar-refractivity contribution in [3.8, 4) is 0 Å². The highest BCUT2D eigenvalue weighted by Crippen LogP contribution is 2.08. The first-order valence-electron chi connectivity index (χ1n) is 5.92. The SMILES string of the molecule is CCNCC(C)C(=O)Cc1cccc(C)c1. The molecule has 88 valence electrons. The van der Waals surface area contributed by atoms with Gasteiger partial charge >= 0.3 is 0 Å². The van der Waals surface area contributed by atoms with Crippen molar-refractivity contribution in [1.29, 1.82) is 0 Å². The Kier molecular flexibility index (Phi) is 5.20. The number of ketones is 1. The highest BCUT2D eigenvalue weighted by atomic mass is 16.1. The van der Waals surface area contributed by atoms with Crippen molar-refractivity contribution in [3.05, 3.63) is 35.4 Å². The van der Waals surface area contributed by atoms with Gasteiger partial charge in [-0.1, -0.05) is 43.7 Å². The number of carbonyl (C=O) groups is 1. The number of rotatable bonds is 6. The first-order chi connectivity index (χ1) is 7.63. The lowest BCUT2D eigenvalue weighted by Crippen LogP contribution is -2.27. The first kappa shape index (κ1) is 12.9. The Morgan fingerprint density at radius 1 is 1.44 bits per heavy atom. The predicted octanol–water partition coefficient (Wildman–Crippen LogP) is 2.35. The van der Waals surface area contributed by atoms with Gasteiger partial charge in [-0.05, 0) is 19.0 Å². The van der Waals surface area contributed by atoms with E-state index in [1.807, 2.05) is 19.1 Å². The van der Waals surface area contributed by atoms with E-state index in [0.717, 1.165) is 18.7 Å². The molecule has 0 aromatic heterocycles. The molecule has 1 N–H and O–H groups in total. The van der Waals surface area contributed by atoms with E-state index in [9.17, 15) is 4.79 Å². The van der Waals surface area contributed by atoms with Crippen LogP contribution in [0.2, 0.25) is 0 Å². The predicted molar refractivity (Wildman–Crippen MR) is 67.6 cm³/mol. The van der Waals surface area contributed by atoms with Crippen LogP contribution < -0.4 is 5.32 Å². The maximum atomic E-state index is 11.9. The van der Waals surface area contributed by atoms with Gasteiger partial charge in [0.2, 0.25) is 0 Å². The van der Waals surface area contributed by atoms with Crippen LogP contribution >= 0.6 is 0 Å². The van der Waals surface area contributed by atoms with Gasteiger partial charge in [-0.3, -0.25) is 4.79 Å². The minimum Gasteiger partial charge on any atom is -0.316 e. The standard InChI is InChI=1S/C14H21NO/c1-4-15-10-12(3)14(16)9-13-7-5-6-11(2)8-13/h5-8,12,15H,4,9-10H2,1-3H3. The molecule has 1 aromatic rings. The lowest BCUT2D eigenvalue weighted by molar-refractivity contribution is -0.121. The number of hydrogen-bond donors (Lipinski definition) is 1. The Hall–Kier alpha value is -1.15. The molecular weight excluding hydrogens is 198 g/mol. The summed E-state index contributed by atoms with van der Waals surface area (Å²) in [5.41, 5.74) is 2.33. The molecular formula is C14H21NO. The third-order valence-electron chi connectivity index (χ3n) is 2.71. The maximum absolute atomic E-state index is 11.9. The number of benzene rings is 1. The second kappa shape index (κ2) is 6.44. The Balaban J connectivity index is 2.50. The summed E-state index contributed by atoms with van der Waals surface area (Å²) in [4.78, 5) is 11.9. The van der Waals surface area contributed by atoms with Gasteiger partial charge < -0.3 is 5.32 Å². The molecule has 1 rings (SSSR count). The molecule has 0 fully saturated rings. The third kappa shape index (κ3) is 4.15. The van der Waals surface area contributed by atoms with Crippen molar-refractivity contribution in [3.63, 3.8) is 0 Å². The quantitative estimate of drug-likeness (QED) is 0.795.